The van der Waals surface area contributed by atoms with Crippen molar-refractivity contribution in [2.45, 2.75) is 36.3 Å². The van der Waals surface area contributed by atoms with Crippen LogP contribution >= 0.6 is 0 Å². The van der Waals surface area contributed by atoms with Gasteiger partial charge in [-0.3, -0.25) is 9.59 Å². The molecular formula is C20H20O14. The molecule has 0 radical (unpaired) electrons. The van der Waals surface area contributed by atoms with Gasteiger partial charge in [-0.25, -0.2) is 0 Å². The van der Waals surface area contributed by atoms with Gasteiger partial charge in [0.05, 0.1) is 0 Å². The Hall–Kier alpha value is -3.66. The number of ether oxygens (including phenoxy) is 1. The molecule has 2 aromatic carbocycles. The van der Waals surface area contributed by atoms with Gasteiger partial charge >= 0.3 is 0 Å². The Morgan fingerprint density at radius 2 is 1.21 bits per heavy atom. The summed E-state index contributed by atoms with van der Waals surface area (Å²) in [6.45, 7) is 0. The van der Waals surface area contributed by atoms with Crippen molar-refractivity contribution in [3.8, 4) is 34.5 Å². The fraction of sp³-hybridized carbons (Fsp3) is 0.300. The summed E-state index contributed by atoms with van der Waals surface area (Å²) in [4.78, 5) is 25.3. The molecule has 2 aromatic rings. The van der Waals surface area contributed by atoms with Gasteiger partial charge in [-0.2, -0.15) is 0 Å². The monoisotopic (exact) mass is 484 g/mol. The van der Waals surface area contributed by atoms with Crippen molar-refractivity contribution >= 4 is 11.6 Å². The Bertz CT molecular complexity index is 1100. The lowest BCUT2D eigenvalue weighted by molar-refractivity contribution is -0.315. The van der Waals surface area contributed by atoms with Gasteiger partial charge in [0, 0.05) is 11.1 Å². The summed E-state index contributed by atoms with van der Waals surface area (Å²) in [6.07, 6.45) is -12.2. The van der Waals surface area contributed by atoms with Crippen molar-refractivity contribution < 1.29 is 70.5 Å². The molecule has 1 saturated heterocycles. The molecule has 0 bridgehead atoms. The number of rotatable bonds is 5. The molecule has 0 amide bonds. The molecule has 3 rings (SSSR count). The van der Waals surface area contributed by atoms with Gasteiger partial charge in [0.1, 0.15) is 24.4 Å². The van der Waals surface area contributed by atoms with E-state index in [9.17, 15) is 65.8 Å². The van der Waals surface area contributed by atoms with Gasteiger partial charge in [0.2, 0.25) is 11.4 Å². The van der Waals surface area contributed by atoms with Crippen LogP contribution in [0.1, 0.15) is 20.7 Å². The van der Waals surface area contributed by atoms with E-state index < -0.39 is 93.5 Å². The molecule has 1 fully saturated rings. The molecule has 0 aliphatic carbocycles. The summed E-state index contributed by atoms with van der Waals surface area (Å²) >= 11 is 0. The van der Waals surface area contributed by atoms with Gasteiger partial charge in [-0.15, -0.1) is 0 Å². The highest BCUT2D eigenvalue weighted by atomic mass is 16.6. The van der Waals surface area contributed by atoms with Crippen LogP contribution in [0.4, 0.5) is 0 Å². The molecular weight excluding hydrogens is 464 g/mol. The zero-order valence-electron chi connectivity index (χ0n) is 16.8. The minimum atomic E-state index is -3.33. The third-order valence-electron chi connectivity index (χ3n) is 5.40. The van der Waals surface area contributed by atoms with E-state index >= 15 is 0 Å². The first kappa shape index (κ1) is 25.0. The summed E-state index contributed by atoms with van der Waals surface area (Å²) < 4.78 is 4.86. The summed E-state index contributed by atoms with van der Waals surface area (Å²) in [6, 6.07) is 2.48. The lowest BCUT2D eigenvalue weighted by Gasteiger charge is -2.46. The number of aromatic hydroxyl groups is 6. The molecule has 0 spiro atoms. The van der Waals surface area contributed by atoms with Gasteiger partial charge in [-0.05, 0) is 24.3 Å². The van der Waals surface area contributed by atoms with Crippen LogP contribution in [0.2, 0.25) is 0 Å². The van der Waals surface area contributed by atoms with Crippen LogP contribution in [-0.4, -0.2) is 104 Å². The van der Waals surface area contributed by atoms with Crippen molar-refractivity contribution in [2.24, 2.45) is 0 Å². The molecule has 6 atom stereocenters. The van der Waals surface area contributed by atoms with E-state index in [0.29, 0.717) is 24.3 Å². The van der Waals surface area contributed by atoms with Crippen LogP contribution in [0.3, 0.4) is 0 Å². The molecule has 1 aliphatic rings. The molecule has 0 saturated carbocycles. The molecule has 0 aromatic heterocycles. The summed E-state index contributed by atoms with van der Waals surface area (Å²) in [7, 11) is 0. The van der Waals surface area contributed by atoms with Crippen molar-refractivity contribution in [3.05, 3.63) is 35.4 Å². The van der Waals surface area contributed by atoms with Crippen molar-refractivity contribution in [1.29, 1.82) is 0 Å². The first-order valence-corrected chi connectivity index (χ1v) is 9.40. The zero-order valence-corrected chi connectivity index (χ0v) is 16.8. The quantitative estimate of drug-likeness (QED) is 0.155. The molecule has 184 valence electrons. The summed E-state index contributed by atoms with van der Waals surface area (Å²) in [5, 5.41) is 109. The Balaban J connectivity index is 1.90. The molecule has 34 heavy (non-hydrogen) atoms. The average Bonchev–Trinajstić information content (AvgIpc) is 2.79. The Labute approximate surface area is 189 Å². The maximum absolute atomic E-state index is 12.8. The second-order valence-corrected chi connectivity index (χ2v) is 7.58. The lowest BCUT2D eigenvalue weighted by Crippen LogP contribution is -2.71. The SMILES string of the molecule is O=C(c1cc(O)c(O)c(O)c1)C(O)[C@H]1OC(O)[C@@](O)(C(=O)c2cc(O)c(O)c(O)c2)[C@@H](O)[C@@H]1O. The average molecular weight is 484 g/mol. The molecule has 11 N–H and O–H groups in total. The highest BCUT2D eigenvalue weighted by molar-refractivity contribution is 6.04. The second-order valence-electron chi connectivity index (χ2n) is 7.58. The van der Waals surface area contributed by atoms with Gasteiger partial charge in [-0.1, -0.05) is 0 Å². The minimum Gasteiger partial charge on any atom is -0.504 e. The lowest BCUT2D eigenvalue weighted by atomic mass is 9.79. The van der Waals surface area contributed by atoms with Gasteiger partial charge in [0.25, 0.3) is 0 Å². The van der Waals surface area contributed by atoms with E-state index in [2.05, 4.69) is 0 Å². The number of benzene rings is 2. The van der Waals surface area contributed by atoms with Crippen LogP contribution in [0.25, 0.3) is 0 Å². The Morgan fingerprint density at radius 1 is 0.794 bits per heavy atom. The van der Waals surface area contributed by atoms with Crippen molar-refractivity contribution in [3.63, 3.8) is 0 Å². The highest BCUT2D eigenvalue weighted by Gasteiger charge is 2.61. The number of Topliss-reactive ketones (excluding diaryl/α,β-unsaturated/α-hetero) is 2. The third kappa shape index (κ3) is 3.83. The minimum absolute atomic E-state index is 0.577. The molecule has 1 heterocycles. The fourth-order valence-corrected chi connectivity index (χ4v) is 3.46. The first-order chi connectivity index (χ1) is 15.7. The van der Waals surface area contributed by atoms with Gasteiger partial charge in [0.15, 0.2) is 46.6 Å². The number of carbonyl (C=O) groups excluding carboxylic acids is 2. The standard InChI is InChI=1S/C20H20O14/c21-7-1-5(2-8(22)12(7)26)11(25)14(28)16-15(29)18(31)20(33,19(32)34-16)17(30)6-3-9(23)13(27)10(24)4-6/h1-4,14-16,18-19,21-24,26-29,31-33H/t14?,15-,16-,18+,19?,20-/m1/s1. The van der Waals surface area contributed by atoms with Crippen molar-refractivity contribution in [1.82, 2.24) is 0 Å². The Morgan fingerprint density at radius 3 is 1.65 bits per heavy atom. The molecule has 14 nitrogen and oxygen atoms in total. The van der Waals surface area contributed by atoms with Crippen LogP contribution in [0, 0.1) is 0 Å². The Kier molecular flexibility index (Phi) is 6.32. The second kappa shape index (κ2) is 8.60. The number of aliphatic hydroxyl groups excluding tert-OH is 4. The van der Waals surface area contributed by atoms with E-state index in [1.165, 1.54) is 0 Å². The molecule has 2 unspecified atom stereocenters. The maximum Gasteiger partial charge on any atom is 0.207 e. The number of phenols is 6. The normalized spacial score (nSPS) is 27.8. The largest absolute Gasteiger partial charge is 0.504 e. The predicted octanol–water partition coefficient (Wildman–Crippen LogP) is -2.48. The van der Waals surface area contributed by atoms with Crippen molar-refractivity contribution in [2.75, 3.05) is 0 Å². The topological polar surface area (TPSA) is 266 Å². The van der Waals surface area contributed by atoms with Gasteiger partial charge < -0.3 is 60.9 Å². The smallest absolute Gasteiger partial charge is 0.207 e. The number of ketones is 2. The molecule has 14 heteroatoms. The number of hydrogen-bond acceptors (Lipinski definition) is 14. The first-order valence-electron chi connectivity index (χ1n) is 9.40. The predicted molar refractivity (Wildman–Crippen MR) is 105 cm³/mol. The summed E-state index contributed by atoms with van der Waals surface area (Å²) in [5.41, 5.74) is -4.63. The van der Waals surface area contributed by atoms with Crippen LogP contribution < -0.4 is 0 Å². The maximum atomic E-state index is 12.8. The van der Waals surface area contributed by atoms with E-state index in [0.717, 1.165) is 0 Å². The van der Waals surface area contributed by atoms with E-state index in [1.54, 1.807) is 0 Å². The van der Waals surface area contributed by atoms with Crippen LogP contribution in [0.15, 0.2) is 24.3 Å². The van der Waals surface area contributed by atoms with E-state index in [-0.39, 0.29) is 0 Å². The third-order valence-corrected chi connectivity index (χ3v) is 5.40. The number of hydrogen-bond donors (Lipinski definition) is 11. The number of phenolic OH excluding ortho intramolecular Hbond substituents is 6. The highest BCUT2D eigenvalue weighted by Crippen LogP contribution is 2.40. The molecule has 1 aliphatic heterocycles. The number of carbonyl (C=O) groups is 2. The van der Waals surface area contributed by atoms with Crippen LogP contribution in [-0.2, 0) is 4.74 Å². The van der Waals surface area contributed by atoms with E-state index in [4.69, 9.17) is 4.74 Å². The summed E-state index contributed by atoms with van der Waals surface area (Å²) in [5.74, 6) is -8.70. The van der Waals surface area contributed by atoms with E-state index in [1.807, 2.05) is 0 Å². The zero-order chi connectivity index (χ0) is 25.7. The fourth-order valence-electron chi connectivity index (χ4n) is 3.46. The van der Waals surface area contributed by atoms with Crippen LogP contribution in [0.5, 0.6) is 34.5 Å². The number of aliphatic hydroxyl groups is 5.